The van der Waals surface area contributed by atoms with Crippen LogP contribution in [0.15, 0.2) is 0 Å². The van der Waals surface area contributed by atoms with Crippen molar-refractivity contribution in [3.63, 3.8) is 0 Å². The highest BCUT2D eigenvalue weighted by molar-refractivity contribution is 7.97. The van der Waals surface area contributed by atoms with E-state index >= 15 is 0 Å². The zero-order valence-corrected chi connectivity index (χ0v) is 19.3. The van der Waals surface area contributed by atoms with Gasteiger partial charge in [-0.25, -0.2) is 0 Å². The van der Waals surface area contributed by atoms with Crippen LogP contribution in [0.3, 0.4) is 0 Å². The molecule has 1 nitrogen and oxygen atoms in total. The Labute approximate surface area is 171 Å². The van der Waals surface area contributed by atoms with Gasteiger partial charge in [-0.05, 0) is 12.8 Å². The normalized spacial score (nSPS) is 11.3. The van der Waals surface area contributed by atoms with Crippen LogP contribution in [0.1, 0.15) is 142 Å². The van der Waals surface area contributed by atoms with E-state index in [1.54, 1.807) is 0 Å². The first kappa shape index (κ1) is 26.3. The lowest BCUT2D eigenvalue weighted by molar-refractivity contribution is 0.529. The minimum atomic E-state index is 1.21. The van der Waals surface area contributed by atoms with E-state index in [2.05, 4.69) is 18.6 Å². The Kier molecular flexibility index (Phi) is 25.6. The molecule has 0 heterocycles. The molecule has 0 fully saturated rings. The number of hydrogen-bond donors (Lipinski definition) is 1. The first-order valence-electron chi connectivity index (χ1n) is 12.3. The summed E-state index contributed by atoms with van der Waals surface area (Å²) < 4.78 is 3.53. The fourth-order valence-corrected chi connectivity index (χ4v) is 4.27. The first-order chi connectivity index (χ1) is 12.9. The van der Waals surface area contributed by atoms with E-state index in [9.17, 15) is 0 Å². The second-order valence-corrected chi connectivity index (χ2v) is 9.09. The van der Waals surface area contributed by atoms with Gasteiger partial charge in [0, 0.05) is 12.3 Å². The molecule has 0 radical (unpaired) electrons. The Morgan fingerprint density at radius 2 is 0.769 bits per heavy atom. The van der Waals surface area contributed by atoms with Crippen LogP contribution in [0.4, 0.5) is 0 Å². The molecule has 0 aromatic heterocycles. The minimum Gasteiger partial charge on any atom is -0.264 e. The summed E-state index contributed by atoms with van der Waals surface area (Å²) in [5.41, 5.74) is 0. The number of nitrogens with one attached hydrogen (secondary N) is 1. The van der Waals surface area contributed by atoms with Crippen molar-refractivity contribution in [2.75, 3.05) is 12.3 Å². The maximum absolute atomic E-state index is 3.53. The predicted molar refractivity (Wildman–Crippen MR) is 124 cm³/mol. The van der Waals surface area contributed by atoms with Gasteiger partial charge in [-0.3, -0.25) is 4.72 Å². The van der Waals surface area contributed by atoms with Crippen molar-refractivity contribution < 1.29 is 0 Å². The zero-order chi connectivity index (χ0) is 19.0. The molecule has 0 aromatic rings. The third kappa shape index (κ3) is 24.3. The molecule has 0 rings (SSSR count). The van der Waals surface area contributed by atoms with Crippen LogP contribution >= 0.6 is 11.9 Å². The lowest BCUT2D eigenvalue weighted by Crippen LogP contribution is -2.06. The molecular weight excluding hydrogens is 334 g/mol. The molecule has 26 heavy (non-hydrogen) atoms. The Balaban J connectivity index is 2.95. The van der Waals surface area contributed by atoms with Gasteiger partial charge in [-0.1, -0.05) is 141 Å². The highest BCUT2D eigenvalue weighted by Gasteiger charge is 1.95. The van der Waals surface area contributed by atoms with Crippen molar-refractivity contribution in [3.05, 3.63) is 0 Å². The SMILES string of the molecule is CCCCCCCCCCCCCCCCCCNSCCCCCC. The van der Waals surface area contributed by atoms with E-state index in [1.807, 2.05) is 11.9 Å². The van der Waals surface area contributed by atoms with Gasteiger partial charge in [0.1, 0.15) is 0 Å². The van der Waals surface area contributed by atoms with E-state index in [-0.39, 0.29) is 0 Å². The van der Waals surface area contributed by atoms with E-state index in [0.29, 0.717) is 0 Å². The van der Waals surface area contributed by atoms with E-state index in [0.717, 1.165) is 0 Å². The summed E-state index contributed by atoms with van der Waals surface area (Å²) in [6.45, 7) is 5.78. The first-order valence-corrected chi connectivity index (χ1v) is 13.2. The third-order valence-corrected chi connectivity index (χ3v) is 6.24. The van der Waals surface area contributed by atoms with Crippen LogP contribution in [0.25, 0.3) is 0 Å². The van der Waals surface area contributed by atoms with E-state index in [1.165, 1.54) is 141 Å². The van der Waals surface area contributed by atoms with Crippen LogP contribution in [0, 0.1) is 0 Å². The summed E-state index contributed by atoms with van der Waals surface area (Å²) in [5.74, 6) is 1.29. The molecule has 0 bridgehead atoms. The summed E-state index contributed by atoms with van der Waals surface area (Å²) in [6.07, 6.45) is 28.8. The largest absolute Gasteiger partial charge is 0.264 e. The molecule has 2 heteroatoms. The maximum Gasteiger partial charge on any atom is 0.00786 e. The quantitative estimate of drug-likeness (QED) is 0.139. The highest BCUT2D eigenvalue weighted by Crippen LogP contribution is 2.13. The third-order valence-electron chi connectivity index (χ3n) is 5.33. The Morgan fingerprint density at radius 1 is 0.423 bits per heavy atom. The summed E-state index contributed by atoms with van der Waals surface area (Å²) >= 11 is 1.94. The Hall–Kier alpha value is 0.310. The molecule has 0 aromatic carbocycles. The molecule has 1 N–H and O–H groups in total. The van der Waals surface area contributed by atoms with Crippen molar-refractivity contribution in [1.82, 2.24) is 4.72 Å². The lowest BCUT2D eigenvalue weighted by atomic mass is 10.0. The number of rotatable bonds is 23. The Morgan fingerprint density at radius 3 is 1.19 bits per heavy atom. The molecule has 0 aliphatic heterocycles. The molecule has 0 aliphatic carbocycles. The molecule has 0 spiro atoms. The molecule has 158 valence electrons. The molecule has 0 saturated heterocycles. The van der Waals surface area contributed by atoms with Gasteiger partial charge in [0.15, 0.2) is 0 Å². The predicted octanol–water partition coefficient (Wildman–Crippen LogP) is 9.07. The molecule has 0 aliphatic rings. The van der Waals surface area contributed by atoms with Gasteiger partial charge < -0.3 is 0 Å². The summed E-state index contributed by atoms with van der Waals surface area (Å²) in [5, 5.41) is 0. The van der Waals surface area contributed by atoms with Gasteiger partial charge in [-0.15, -0.1) is 0 Å². The average Bonchev–Trinajstić information content (AvgIpc) is 2.66. The van der Waals surface area contributed by atoms with Crippen molar-refractivity contribution in [2.24, 2.45) is 0 Å². The van der Waals surface area contributed by atoms with Gasteiger partial charge in [0.25, 0.3) is 0 Å². The summed E-state index contributed by atoms with van der Waals surface area (Å²) in [6, 6.07) is 0. The molecule has 0 amide bonds. The molecular formula is C24H51NS. The van der Waals surface area contributed by atoms with Crippen molar-refractivity contribution >= 4 is 11.9 Å². The van der Waals surface area contributed by atoms with Gasteiger partial charge in [0.05, 0.1) is 0 Å². The van der Waals surface area contributed by atoms with Crippen LogP contribution in [-0.4, -0.2) is 12.3 Å². The van der Waals surface area contributed by atoms with E-state index < -0.39 is 0 Å². The smallest absolute Gasteiger partial charge is 0.00786 e. The maximum atomic E-state index is 3.53. The number of unbranched alkanes of at least 4 members (excludes halogenated alkanes) is 18. The second-order valence-electron chi connectivity index (χ2n) is 8.11. The van der Waals surface area contributed by atoms with E-state index in [4.69, 9.17) is 0 Å². The lowest BCUT2D eigenvalue weighted by Gasteiger charge is -2.05. The van der Waals surface area contributed by atoms with Crippen molar-refractivity contribution in [1.29, 1.82) is 0 Å². The van der Waals surface area contributed by atoms with Gasteiger partial charge in [0.2, 0.25) is 0 Å². The average molecular weight is 386 g/mol. The van der Waals surface area contributed by atoms with Gasteiger partial charge >= 0.3 is 0 Å². The molecule has 0 unspecified atom stereocenters. The van der Waals surface area contributed by atoms with Gasteiger partial charge in [-0.2, -0.15) is 0 Å². The standard InChI is InChI=1S/C24H51NS/c1-3-5-7-9-10-11-12-13-14-15-16-17-18-19-20-21-23-25-26-24-22-8-6-4-2/h25H,3-24H2,1-2H3. The molecule has 0 atom stereocenters. The molecule has 0 saturated carbocycles. The number of hydrogen-bond acceptors (Lipinski definition) is 2. The fourth-order valence-electron chi connectivity index (χ4n) is 3.49. The monoisotopic (exact) mass is 385 g/mol. The van der Waals surface area contributed by atoms with Crippen molar-refractivity contribution in [3.8, 4) is 0 Å². The summed E-state index contributed by atoms with van der Waals surface area (Å²) in [7, 11) is 0. The van der Waals surface area contributed by atoms with Crippen molar-refractivity contribution in [2.45, 2.75) is 142 Å². The van der Waals surface area contributed by atoms with Crippen LogP contribution < -0.4 is 4.72 Å². The fraction of sp³-hybridized carbons (Fsp3) is 1.00. The van der Waals surface area contributed by atoms with Crippen LogP contribution in [0.2, 0.25) is 0 Å². The van der Waals surface area contributed by atoms with Crippen LogP contribution in [-0.2, 0) is 0 Å². The Bertz CT molecular complexity index is 208. The topological polar surface area (TPSA) is 12.0 Å². The minimum absolute atomic E-state index is 1.21. The van der Waals surface area contributed by atoms with Crippen LogP contribution in [0.5, 0.6) is 0 Å². The highest BCUT2D eigenvalue weighted by atomic mass is 32.2. The summed E-state index contributed by atoms with van der Waals surface area (Å²) in [4.78, 5) is 0. The zero-order valence-electron chi connectivity index (χ0n) is 18.5. The second kappa shape index (κ2) is 25.3.